The van der Waals surface area contributed by atoms with Crippen molar-refractivity contribution in [2.75, 3.05) is 0 Å². The van der Waals surface area contributed by atoms with E-state index < -0.39 is 11.9 Å². The third kappa shape index (κ3) is 5.37. The predicted molar refractivity (Wildman–Crippen MR) is 83.5 cm³/mol. The second kappa shape index (κ2) is 8.12. The number of furan rings is 1. The quantitative estimate of drug-likeness (QED) is 0.751. The number of carbonyl (C=O) groups is 1. The highest BCUT2D eigenvalue weighted by molar-refractivity contribution is 7.99. The molecule has 0 aliphatic heterocycles. The molecule has 2 N–H and O–H groups in total. The molecule has 0 fully saturated rings. The molecule has 2 aromatic rings. The fraction of sp³-hybridized carbons (Fsp3) is 0.312. The number of amides is 1. The molecule has 4 nitrogen and oxygen atoms in total. The number of rotatable bonds is 7. The molecule has 1 aromatic heterocycles. The van der Waals surface area contributed by atoms with Gasteiger partial charge >= 0.3 is 0 Å². The predicted octanol–water partition coefficient (Wildman–Crippen LogP) is 3.84. The Balaban J connectivity index is 1.88. The van der Waals surface area contributed by atoms with Crippen molar-refractivity contribution in [1.82, 2.24) is 5.32 Å². The van der Waals surface area contributed by atoms with Gasteiger partial charge in [-0.3, -0.25) is 4.79 Å². The zero-order valence-corrected chi connectivity index (χ0v) is 13.2. The van der Waals surface area contributed by atoms with Crippen molar-refractivity contribution in [2.45, 2.75) is 36.1 Å². The van der Waals surface area contributed by atoms with E-state index in [1.54, 1.807) is 19.1 Å². The molecule has 0 saturated heterocycles. The molecule has 0 aliphatic carbocycles. The van der Waals surface area contributed by atoms with E-state index in [4.69, 9.17) is 4.42 Å². The third-order valence-corrected chi connectivity index (χ3v) is 3.89. The van der Waals surface area contributed by atoms with Crippen LogP contribution >= 0.6 is 11.8 Å². The molecule has 23 heavy (non-hydrogen) atoms. The summed E-state index contributed by atoms with van der Waals surface area (Å²) in [7, 11) is 0. The van der Waals surface area contributed by atoms with Crippen LogP contribution in [-0.2, 0) is 0 Å². The maximum atomic E-state index is 12.2. The fourth-order valence-corrected chi connectivity index (χ4v) is 2.58. The van der Waals surface area contributed by atoms with E-state index in [0.717, 1.165) is 0 Å². The van der Waals surface area contributed by atoms with Gasteiger partial charge in [-0.25, -0.2) is 0 Å². The second-order valence-electron chi connectivity index (χ2n) is 5.04. The lowest BCUT2D eigenvalue weighted by Crippen LogP contribution is -2.33. The van der Waals surface area contributed by atoms with Crippen LogP contribution in [0.3, 0.4) is 0 Å². The van der Waals surface area contributed by atoms with E-state index in [1.807, 2.05) is 0 Å². The fourth-order valence-electron chi connectivity index (χ4n) is 2.09. The van der Waals surface area contributed by atoms with Crippen LogP contribution in [0.2, 0.25) is 0 Å². The van der Waals surface area contributed by atoms with Gasteiger partial charge in [0.2, 0.25) is 0 Å². The molecule has 7 heteroatoms. The Morgan fingerprint density at radius 2 is 2.00 bits per heavy atom. The van der Waals surface area contributed by atoms with Gasteiger partial charge in [-0.05, 0) is 43.3 Å². The highest BCUT2D eigenvalue weighted by atomic mass is 32.2. The summed E-state index contributed by atoms with van der Waals surface area (Å²) in [5.41, 5.74) is 0.378. The Bertz CT molecular complexity index is 617. The van der Waals surface area contributed by atoms with Crippen LogP contribution in [0.15, 0.2) is 52.0 Å². The van der Waals surface area contributed by atoms with Gasteiger partial charge in [0, 0.05) is 22.9 Å². The van der Waals surface area contributed by atoms with Gasteiger partial charge in [0.25, 0.3) is 11.7 Å². The Hall–Kier alpha value is -1.86. The summed E-state index contributed by atoms with van der Waals surface area (Å²) in [5, 5.41) is 12.7. The molecule has 124 valence electrons. The van der Waals surface area contributed by atoms with Gasteiger partial charge < -0.3 is 14.8 Å². The van der Waals surface area contributed by atoms with Crippen LogP contribution in [0.1, 0.15) is 35.6 Å². The van der Waals surface area contributed by atoms with E-state index in [9.17, 15) is 18.7 Å². The maximum absolute atomic E-state index is 12.2. The number of alkyl halides is 2. The minimum atomic E-state index is -2.49. The molecule has 2 unspecified atom stereocenters. The molecule has 1 amide bonds. The SMILES string of the molecule is CC(CC(O)c1ccco1)NC(=O)c1ccc(SC(F)F)cc1. The summed E-state index contributed by atoms with van der Waals surface area (Å²) in [5.74, 6) is -2.37. The Labute approximate surface area is 136 Å². The number of nitrogens with one attached hydrogen (secondary N) is 1. The maximum Gasteiger partial charge on any atom is 0.288 e. The Kier molecular flexibility index (Phi) is 6.18. The topological polar surface area (TPSA) is 62.5 Å². The van der Waals surface area contributed by atoms with E-state index in [1.165, 1.54) is 30.5 Å². The molecule has 0 spiro atoms. The molecule has 1 aromatic carbocycles. The van der Waals surface area contributed by atoms with Crippen LogP contribution < -0.4 is 5.32 Å². The molecule has 2 rings (SSSR count). The van der Waals surface area contributed by atoms with E-state index >= 15 is 0 Å². The Morgan fingerprint density at radius 3 is 2.57 bits per heavy atom. The highest BCUT2D eigenvalue weighted by Gasteiger charge is 2.17. The highest BCUT2D eigenvalue weighted by Crippen LogP contribution is 2.25. The number of aliphatic hydroxyl groups excluding tert-OH is 1. The summed E-state index contributed by atoms with van der Waals surface area (Å²) < 4.78 is 29.6. The number of halogens is 2. The van der Waals surface area contributed by atoms with Crippen molar-refractivity contribution in [3.63, 3.8) is 0 Å². The van der Waals surface area contributed by atoms with Crippen molar-refractivity contribution in [1.29, 1.82) is 0 Å². The first-order chi connectivity index (χ1) is 11.0. The molecule has 0 aliphatic rings. The number of benzene rings is 1. The van der Waals surface area contributed by atoms with Gasteiger partial charge in [0.1, 0.15) is 11.9 Å². The van der Waals surface area contributed by atoms with Crippen LogP contribution in [0.4, 0.5) is 8.78 Å². The zero-order chi connectivity index (χ0) is 16.8. The van der Waals surface area contributed by atoms with E-state index in [0.29, 0.717) is 34.4 Å². The van der Waals surface area contributed by atoms with Crippen LogP contribution in [0.5, 0.6) is 0 Å². The molecular weight excluding hydrogens is 324 g/mol. The van der Waals surface area contributed by atoms with Crippen molar-refractivity contribution < 1.29 is 23.1 Å². The molecular formula is C16H17F2NO3S. The Morgan fingerprint density at radius 1 is 1.30 bits per heavy atom. The summed E-state index contributed by atoms with van der Waals surface area (Å²) in [4.78, 5) is 12.5. The average Bonchev–Trinajstić information content (AvgIpc) is 3.01. The van der Waals surface area contributed by atoms with Gasteiger partial charge in [-0.2, -0.15) is 8.78 Å². The van der Waals surface area contributed by atoms with Crippen molar-refractivity contribution >= 4 is 17.7 Å². The van der Waals surface area contributed by atoms with Crippen molar-refractivity contribution in [3.8, 4) is 0 Å². The third-order valence-electron chi connectivity index (χ3n) is 3.17. The lowest BCUT2D eigenvalue weighted by Gasteiger charge is -2.16. The largest absolute Gasteiger partial charge is 0.467 e. The van der Waals surface area contributed by atoms with Gasteiger partial charge in [-0.15, -0.1) is 0 Å². The van der Waals surface area contributed by atoms with E-state index in [-0.39, 0.29) is 11.9 Å². The molecule has 1 heterocycles. The monoisotopic (exact) mass is 341 g/mol. The van der Waals surface area contributed by atoms with Crippen molar-refractivity contribution in [2.24, 2.45) is 0 Å². The first kappa shape index (κ1) is 17.5. The lowest BCUT2D eigenvalue weighted by molar-refractivity contribution is 0.0903. The normalized spacial score (nSPS) is 13.8. The zero-order valence-electron chi connectivity index (χ0n) is 12.4. The lowest BCUT2D eigenvalue weighted by atomic mass is 10.1. The van der Waals surface area contributed by atoms with E-state index in [2.05, 4.69) is 5.32 Å². The summed E-state index contributed by atoms with van der Waals surface area (Å²) in [6.07, 6.45) is 0.976. The standard InChI is InChI=1S/C16H17F2NO3S/c1-10(9-13(20)14-3-2-8-22-14)19-15(21)11-4-6-12(7-5-11)23-16(17)18/h2-8,10,13,16,20H,9H2,1H3,(H,19,21). The average molecular weight is 341 g/mol. The van der Waals surface area contributed by atoms with Crippen molar-refractivity contribution in [3.05, 3.63) is 54.0 Å². The smallest absolute Gasteiger partial charge is 0.288 e. The number of aliphatic hydroxyl groups is 1. The first-order valence-corrected chi connectivity index (χ1v) is 7.91. The first-order valence-electron chi connectivity index (χ1n) is 7.03. The van der Waals surface area contributed by atoms with Gasteiger partial charge in [0.05, 0.1) is 6.26 Å². The minimum Gasteiger partial charge on any atom is -0.467 e. The van der Waals surface area contributed by atoms with Gasteiger partial charge in [0.15, 0.2) is 0 Å². The number of carbonyl (C=O) groups excluding carboxylic acids is 1. The van der Waals surface area contributed by atoms with Gasteiger partial charge in [-0.1, -0.05) is 11.8 Å². The summed E-state index contributed by atoms with van der Waals surface area (Å²) in [6, 6.07) is 9.02. The van der Waals surface area contributed by atoms with Crippen LogP contribution in [-0.4, -0.2) is 22.8 Å². The summed E-state index contributed by atoms with van der Waals surface area (Å²) >= 11 is 0.431. The minimum absolute atomic E-state index is 0.280. The number of hydrogen-bond donors (Lipinski definition) is 2. The molecule has 2 atom stereocenters. The molecule has 0 bridgehead atoms. The number of hydrogen-bond acceptors (Lipinski definition) is 4. The van der Waals surface area contributed by atoms with Crippen LogP contribution in [0.25, 0.3) is 0 Å². The number of thioether (sulfide) groups is 1. The van der Waals surface area contributed by atoms with Crippen LogP contribution in [0, 0.1) is 0 Å². The molecule has 0 radical (unpaired) electrons. The molecule has 0 saturated carbocycles. The second-order valence-corrected chi connectivity index (χ2v) is 6.11. The summed E-state index contributed by atoms with van der Waals surface area (Å²) in [6.45, 7) is 1.77.